The van der Waals surface area contributed by atoms with E-state index in [0.29, 0.717) is 0 Å². The minimum Gasteiger partial charge on any atom is -0.388 e. The van der Waals surface area contributed by atoms with Gasteiger partial charge in [-0.05, 0) is 19.1 Å². The van der Waals surface area contributed by atoms with Crippen molar-refractivity contribution in [2.24, 2.45) is 7.05 Å². The average molecular weight is 202 g/mol. The summed E-state index contributed by atoms with van der Waals surface area (Å²) in [5.41, 5.74) is 2.14. The number of aryl methyl sites for hydroxylation is 1. The Balaban J connectivity index is 2.58. The van der Waals surface area contributed by atoms with Crippen molar-refractivity contribution in [3.8, 4) is 11.4 Å². The van der Waals surface area contributed by atoms with Crippen molar-refractivity contribution in [2.75, 3.05) is 12.4 Å². The molecule has 0 radical (unpaired) electrons. The highest BCUT2D eigenvalue weighted by Crippen LogP contribution is 2.25. The first-order valence-corrected chi connectivity index (χ1v) is 4.87. The van der Waals surface area contributed by atoms with Gasteiger partial charge < -0.3 is 9.88 Å². The van der Waals surface area contributed by atoms with Gasteiger partial charge in [0.25, 0.3) is 0 Å². The topological polar surface area (TPSA) is 42.7 Å². The third kappa shape index (κ3) is 1.58. The highest BCUT2D eigenvalue weighted by atomic mass is 15.3. The molecule has 2 rings (SSSR count). The van der Waals surface area contributed by atoms with Crippen LogP contribution in [-0.2, 0) is 7.05 Å². The Kier molecular flexibility index (Phi) is 2.41. The fraction of sp³-hybridized carbons (Fsp3) is 0.273. The number of anilines is 1. The average Bonchev–Trinajstić information content (AvgIpc) is 2.60. The molecule has 0 atom stereocenters. The van der Waals surface area contributed by atoms with Crippen molar-refractivity contribution >= 4 is 5.69 Å². The predicted molar refractivity (Wildman–Crippen MR) is 60.7 cm³/mol. The van der Waals surface area contributed by atoms with E-state index < -0.39 is 0 Å². The molecule has 1 heterocycles. The van der Waals surface area contributed by atoms with Crippen LogP contribution < -0.4 is 5.32 Å². The molecule has 0 spiro atoms. The first-order chi connectivity index (χ1) is 7.24. The molecule has 0 bridgehead atoms. The summed E-state index contributed by atoms with van der Waals surface area (Å²) in [7, 11) is 3.87. The van der Waals surface area contributed by atoms with Gasteiger partial charge in [-0.2, -0.15) is 0 Å². The summed E-state index contributed by atoms with van der Waals surface area (Å²) in [5, 5.41) is 11.4. The van der Waals surface area contributed by atoms with E-state index in [9.17, 15) is 0 Å². The van der Waals surface area contributed by atoms with Gasteiger partial charge in [0.15, 0.2) is 5.82 Å². The van der Waals surface area contributed by atoms with Crippen molar-refractivity contribution in [2.45, 2.75) is 6.92 Å². The zero-order chi connectivity index (χ0) is 10.8. The molecule has 1 aromatic carbocycles. The molecule has 4 nitrogen and oxygen atoms in total. The molecule has 1 aromatic heterocycles. The summed E-state index contributed by atoms with van der Waals surface area (Å²) in [5.74, 6) is 1.80. The van der Waals surface area contributed by atoms with Gasteiger partial charge in [-0.1, -0.05) is 12.1 Å². The Labute approximate surface area is 89.0 Å². The second-order valence-electron chi connectivity index (χ2n) is 3.43. The Morgan fingerprint density at radius 3 is 2.53 bits per heavy atom. The quantitative estimate of drug-likeness (QED) is 0.808. The van der Waals surface area contributed by atoms with E-state index in [4.69, 9.17) is 0 Å². The number of aromatic nitrogens is 3. The molecule has 0 saturated carbocycles. The number of para-hydroxylation sites is 1. The first kappa shape index (κ1) is 9.71. The van der Waals surface area contributed by atoms with Crippen molar-refractivity contribution < 1.29 is 0 Å². The van der Waals surface area contributed by atoms with Gasteiger partial charge in [-0.15, -0.1) is 10.2 Å². The molecule has 0 unspecified atom stereocenters. The largest absolute Gasteiger partial charge is 0.388 e. The number of rotatable bonds is 2. The highest BCUT2D eigenvalue weighted by molar-refractivity contribution is 5.73. The molecular weight excluding hydrogens is 188 g/mol. The summed E-state index contributed by atoms with van der Waals surface area (Å²) < 4.78 is 1.98. The van der Waals surface area contributed by atoms with Crippen LogP contribution in [0.1, 0.15) is 5.82 Å². The van der Waals surface area contributed by atoms with Crippen LogP contribution in [0.4, 0.5) is 5.69 Å². The number of hydrogen-bond acceptors (Lipinski definition) is 3. The van der Waals surface area contributed by atoms with E-state index in [1.54, 1.807) is 0 Å². The number of nitrogens with one attached hydrogen (secondary N) is 1. The fourth-order valence-electron chi connectivity index (χ4n) is 1.54. The van der Waals surface area contributed by atoms with Crippen LogP contribution in [0.15, 0.2) is 24.3 Å². The van der Waals surface area contributed by atoms with Crippen molar-refractivity contribution in [3.63, 3.8) is 0 Å². The zero-order valence-corrected chi connectivity index (χ0v) is 9.15. The Bertz CT molecular complexity index is 473. The van der Waals surface area contributed by atoms with Crippen LogP contribution in [0, 0.1) is 6.92 Å². The van der Waals surface area contributed by atoms with Gasteiger partial charge in [-0.25, -0.2) is 0 Å². The van der Waals surface area contributed by atoms with Gasteiger partial charge in [0.1, 0.15) is 5.82 Å². The minimum absolute atomic E-state index is 0.887. The lowest BCUT2D eigenvalue weighted by Gasteiger charge is -2.07. The van der Waals surface area contributed by atoms with Crippen molar-refractivity contribution in [1.29, 1.82) is 0 Å². The lowest BCUT2D eigenvalue weighted by Crippen LogP contribution is -1.98. The molecule has 4 heteroatoms. The second-order valence-corrected chi connectivity index (χ2v) is 3.43. The Morgan fingerprint density at radius 1 is 1.20 bits per heavy atom. The van der Waals surface area contributed by atoms with E-state index in [1.165, 1.54) is 0 Å². The molecule has 78 valence electrons. The molecule has 0 aliphatic rings. The van der Waals surface area contributed by atoms with E-state index >= 15 is 0 Å². The molecule has 0 aliphatic carbocycles. The second kappa shape index (κ2) is 3.73. The highest BCUT2D eigenvalue weighted by Gasteiger charge is 2.10. The van der Waals surface area contributed by atoms with Crippen LogP contribution in [0.2, 0.25) is 0 Å². The maximum atomic E-state index is 4.17. The van der Waals surface area contributed by atoms with Crippen molar-refractivity contribution in [1.82, 2.24) is 14.8 Å². The monoisotopic (exact) mass is 202 g/mol. The molecule has 0 saturated heterocycles. The summed E-state index contributed by atoms with van der Waals surface area (Å²) in [6, 6.07) is 8.06. The Morgan fingerprint density at radius 2 is 1.93 bits per heavy atom. The van der Waals surface area contributed by atoms with Crippen LogP contribution in [0.5, 0.6) is 0 Å². The van der Waals surface area contributed by atoms with Gasteiger partial charge in [-0.3, -0.25) is 0 Å². The van der Waals surface area contributed by atoms with Crippen LogP contribution in [-0.4, -0.2) is 21.8 Å². The molecule has 0 aliphatic heterocycles. The molecular formula is C11H14N4. The zero-order valence-electron chi connectivity index (χ0n) is 9.15. The Hall–Kier alpha value is -1.84. The summed E-state index contributed by atoms with van der Waals surface area (Å²) in [6.45, 7) is 1.94. The molecule has 2 aromatic rings. The summed E-state index contributed by atoms with van der Waals surface area (Å²) in [6.07, 6.45) is 0. The standard InChI is InChI=1S/C11H14N4/c1-8-13-14-11(15(8)3)9-6-4-5-7-10(9)12-2/h4-7,12H,1-3H3. The van der Waals surface area contributed by atoms with Gasteiger partial charge >= 0.3 is 0 Å². The summed E-state index contributed by atoms with van der Waals surface area (Å²) >= 11 is 0. The summed E-state index contributed by atoms with van der Waals surface area (Å²) in [4.78, 5) is 0. The van der Waals surface area contributed by atoms with Crippen LogP contribution >= 0.6 is 0 Å². The lowest BCUT2D eigenvalue weighted by atomic mass is 10.1. The van der Waals surface area contributed by atoms with E-state index in [-0.39, 0.29) is 0 Å². The normalized spacial score (nSPS) is 10.3. The predicted octanol–water partition coefficient (Wildman–Crippen LogP) is 1.83. The van der Waals surface area contributed by atoms with Crippen LogP contribution in [0.25, 0.3) is 11.4 Å². The maximum absolute atomic E-state index is 4.17. The maximum Gasteiger partial charge on any atom is 0.165 e. The van der Waals surface area contributed by atoms with Crippen molar-refractivity contribution in [3.05, 3.63) is 30.1 Å². The van der Waals surface area contributed by atoms with E-state index in [2.05, 4.69) is 15.5 Å². The third-order valence-electron chi connectivity index (χ3n) is 2.53. The van der Waals surface area contributed by atoms with E-state index in [1.807, 2.05) is 49.9 Å². The third-order valence-corrected chi connectivity index (χ3v) is 2.53. The molecule has 0 fully saturated rings. The number of nitrogens with zero attached hydrogens (tertiary/aromatic N) is 3. The van der Waals surface area contributed by atoms with Gasteiger partial charge in [0.2, 0.25) is 0 Å². The minimum atomic E-state index is 0.887. The molecule has 1 N–H and O–H groups in total. The first-order valence-electron chi connectivity index (χ1n) is 4.87. The fourth-order valence-corrected chi connectivity index (χ4v) is 1.54. The SMILES string of the molecule is CNc1ccccc1-c1nnc(C)n1C. The van der Waals surface area contributed by atoms with Crippen LogP contribution in [0.3, 0.4) is 0 Å². The lowest BCUT2D eigenvalue weighted by molar-refractivity contribution is 0.865. The molecule has 15 heavy (non-hydrogen) atoms. The number of benzene rings is 1. The van der Waals surface area contributed by atoms with E-state index in [0.717, 1.165) is 22.9 Å². The number of hydrogen-bond donors (Lipinski definition) is 1. The van der Waals surface area contributed by atoms with Gasteiger partial charge in [0, 0.05) is 25.3 Å². The van der Waals surface area contributed by atoms with Gasteiger partial charge in [0.05, 0.1) is 0 Å². The smallest absolute Gasteiger partial charge is 0.165 e. The molecule has 0 amide bonds.